The first kappa shape index (κ1) is 12.1. The molecule has 0 bridgehead atoms. The van der Waals surface area contributed by atoms with E-state index in [1.807, 2.05) is 0 Å². The van der Waals surface area contributed by atoms with Crippen LogP contribution in [0.2, 0.25) is 0 Å². The van der Waals surface area contributed by atoms with E-state index in [1.165, 1.54) is 6.33 Å². The molecule has 1 N–H and O–H groups in total. The molecule has 2 rings (SSSR count). The fourth-order valence-corrected chi connectivity index (χ4v) is 2.16. The van der Waals surface area contributed by atoms with E-state index >= 15 is 0 Å². The Balaban J connectivity index is 1.88. The Morgan fingerprint density at radius 1 is 1.53 bits per heavy atom. The van der Waals surface area contributed by atoms with Crippen molar-refractivity contribution in [2.24, 2.45) is 5.92 Å². The van der Waals surface area contributed by atoms with Crippen molar-refractivity contribution in [1.29, 1.82) is 0 Å². The van der Waals surface area contributed by atoms with E-state index in [1.54, 1.807) is 13.2 Å². The van der Waals surface area contributed by atoms with Gasteiger partial charge in [0.1, 0.15) is 12.1 Å². The average molecular weight is 237 g/mol. The first-order valence-corrected chi connectivity index (χ1v) is 6.05. The molecule has 1 fully saturated rings. The van der Waals surface area contributed by atoms with Crippen LogP contribution in [-0.4, -0.2) is 36.3 Å². The van der Waals surface area contributed by atoms with E-state index in [9.17, 15) is 0 Å². The van der Waals surface area contributed by atoms with Gasteiger partial charge in [0.05, 0.1) is 13.2 Å². The normalized spacial score (nSPS) is 23.6. The van der Waals surface area contributed by atoms with Gasteiger partial charge in [-0.15, -0.1) is 0 Å². The molecule has 5 nitrogen and oxygen atoms in total. The third kappa shape index (κ3) is 3.06. The van der Waals surface area contributed by atoms with Gasteiger partial charge in [0.15, 0.2) is 0 Å². The number of hydrogen-bond acceptors (Lipinski definition) is 5. The highest BCUT2D eigenvalue weighted by atomic mass is 16.5. The highest BCUT2D eigenvalue weighted by molar-refractivity contribution is 5.37. The predicted octanol–water partition coefficient (Wildman–Crippen LogP) is 1.71. The van der Waals surface area contributed by atoms with Crippen molar-refractivity contribution in [3.8, 4) is 5.88 Å². The lowest BCUT2D eigenvalue weighted by Gasteiger charge is -2.17. The van der Waals surface area contributed by atoms with E-state index in [2.05, 4.69) is 22.2 Å². The smallest absolute Gasteiger partial charge is 0.218 e. The minimum absolute atomic E-state index is 0.381. The fraction of sp³-hybridized carbons (Fsp3) is 0.667. The van der Waals surface area contributed by atoms with Crippen LogP contribution in [0.5, 0.6) is 5.88 Å². The van der Waals surface area contributed by atoms with Crippen molar-refractivity contribution < 1.29 is 9.47 Å². The zero-order valence-corrected chi connectivity index (χ0v) is 10.3. The Labute approximate surface area is 102 Å². The number of nitrogens with zero attached hydrogens (tertiary/aromatic N) is 2. The summed E-state index contributed by atoms with van der Waals surface area (Å²) in [6, 6.07) is 1.80. The van der Waals surface area contributed by atoms with Gasteiger partial charge in [0, 0.05) is 25.1 Å². The van der Waals surface area contributed by atoms with Gasteiger partial charge in [-0.05, 0) is 12.8 Å². The molecule has 0 amide bonds. The lowest BCUT2D eigenvalue weighted by Crippen LogP contribution is -2.23. The van der Waals surface area contributed by atoms with Gasteiger partial charge in [-0.2, -0.15) is 0 Å². The second-order valence-corrected chi connectivity index (χ2v) is 4.19. The number of nitrogens with one attached hydrogen (secondary N) is 1. The standard InChI is InChI=1S/C12H19N3O2/c1-3-10-9(4-5-17-10)7-13-11-6-12(16-2)15-8-14-11/h6,8-10H,3-5,7H2,1-2H3,(H,13,14,15). The van der Waals surface area contributed by atoms with Crippen molar-refractivity contribution in [2.45, 2.75) is 25.9 Å². The molecular weight excluding hydrogens is 218 g/mol. The Morgan fingerprint density at radius 2 is 2.41 bits per heavy atom. The van der Waals surface area contributed by atoms with Crippen LogP contribution in [0.25, 0.3) is 0 Å². The molecule has 1 aliphatic heterocycles. The number of rotatable bonds is 5. The van der Waals surface area contributed by atoms with E-state index in [-0.39, 0.29) is 0 Å². The summed E-state index contributed by atoms with van der Waals surface area (Å²) in [4.78, 5) is 8.13. The van der Waals surface area contributed by atoms with Crippen LogP contribution >= 0.6 is 0 Å². The van der Waals surface area contributed by atoms with Gasteiger partial charge < -0.3 is 14.8 Å². The first-order valence-electron chi connectivity index (χ1n) is 6.05. The maximum atomic E-state index is 5.65. The quantitative estimate of drug-likeness (QED) is 0.845. The molecular formula is C12H19N3O2. The molecule has 0 spiro atoms. The molecule has 1 aliphatic rings. The maximum absolute atomic E-state index is 5.65. The van der Waals surface area contributed by atoms with Crippen LogP contribution in [-0.2, 0) is 4.74 Å². The number of anilines is 1. The second-order valence-electron chi connectivity index (χ2n) is 4.19. The molecule has 0 saturated carbocycles. The van der Waals surface area contributed by atoms with Gasteiger partial charge in [0.25, 0.3) is 0 Å². The fourth-order valence-electron chi connectivity index (χ4n) is 2.16. The zero-order valence-electron chi connectivity index (χ0n) is 10.3. The highest BCUT2D eigenvalue weighted by Crippen LogP contribution is 2.23. The molecule has 1 saturated heterocycles. The summed E-state index contributed by atoms with van der Waals surface area (Å²) in [5.41, 5.74) is 0. The van der Waals surface area contributed by atoms with E-state index < -0.39 is 0 Å². The van der Waals surface area contributed by atoms with Gasteiger partial charge in [0.2, 0.25) is 5.88 Å². The summed E-state index contributed by atoms with van der Waals surface area (Å²) >= 11 is 0. The molecule has 0 radical (unpaired) electrons. The Morgan fingerprint density at radius 3 is 3.18 bits per heavy atom. The van der Waals surface area contributed by atoms with Crippen molar-refractivity contribution in [3.63, 3.8) is 0 Å². The second kappa shape index (κ2) is 5.82. The molecule has 1 aromatic rings. The lowest BCUT2D eigenvalue weighted by molar-refractivity contribution is 0.0900. The number of ether oxygens (including phenoxy) is 2. The van der Waals surface area contributed by atoms with E-state index in [0.717, 1.165) is 31.8 Å². The summed E-state index contributed by atoms with van der Waals surface area (Å²) < 4.78 is 10.7. The monoisotopic (exact) mass is 237 g/mol. The molecule has 2 atom stereocenters. The maximum Gasteiger partial charge on any atom is 0.218 e. The molecule has 1 aromatic heterocycles. The van der Waals surface area contributed by atoms with Crippen LogP contribution in [0.3, 0.4) is 0 Å². The Kier molecular flexibility index (Phi) is 4.14. The van der Waals surface area contributed by atoms with Gasteiger partial charge in [-0.1, -0.05) is 6.92 Å². The number of methoxy groups -OCH3 is 1. The van der Waals surface area contributed by atoms with Crippen molar-refractivity contribution in [2.75, 3.05) is 25.6 Å². The summed E-state index contributed by atoms with van der Waals surface area (Å²) in [6.45, 7) is 3.92. The first-order chi connectivity index (χ1) is 8.33. The largest absolute Gasteiger partial charge is 0.481 e. The molecule has 2 heterocycles. The van der Waals surface area contributed by atoms with Crippen LogP contribution < -0.4 is 10.1 Å². The molecule has 0 aliphatic carbocycles. The van der Waals surface area contributed by atoms with E-state index in [0.29, 0.717) is 17.9 Å². The Bertz CT molecular complexity index is 359. The van der Waals surface area contributed by atoms with Crippen LogP contribution in [0, 0.1) is 5.92 Å². The number of aromatic nitrogens is 2. The Hall–Kier alpha value is -1.36. The van der Waals surface area contributed by atoms with Crippen LogP contribution in [0.4, 0.5) is 5.82 Å². The topological polar surface area (TPSA) is 56.3 Å². The molecule has 17 heavy (non-hydrogen) atoms. The summed E-state index contributed by atoms with van der Waals surface area (Å²) in [7, 11) is 1.60. The third-order valence-electron chi connectivity index (χ3n) is 3.15. The van der Waals surface area contributed by atoms with Crippen LogP contribution in [0.1, 0.15) is 19.8 Å². The average Bonchev–Trinajstić information content (AvgIpc) is 2.84. The van der Waals surface area contributed by atoms with Crippen molar-refractivity contribution in [3.05, 3.63) is 12.4 Å². The van der Waals surface area contributed by atoms with Gasteiger partial charge in [-0.25, -0.2) is 9.97 Å². The molecule has 2 unspecified atom stereocenters. The third-order valence-corrected chi connectivity index (χ3v) is 3.15. The van der Waals surface area contributed by atoms with Gasteiger partial charge in [-0.3, -0.25) is 0 Å². The summed E-state index contributed by atoms with van der Waals surface area (Å²) in [5, 5.41) is 3.31. The molecule has 5 heteroatoms. The SMILES string of the molecule is CCC1OCCC1CNc1cc(OC)ncn1. The molecule has 94 valence electrons. The zero-order chi connectivity index (χ0) is 12.1. The summed E-state index contributed by atoms with van der Waals surface area (Å²) in [5.74, 6) is 1.96. The lowest BCUT2D eigenvalue weighted by atomic mass is 10.00. The minimum atomic E-state index is 0.381. The minimum Gasteiger partial charge on any atom is -0.481 e. The summed E-state index contributed by atoms with van der Waals surface area (Å²) in [6.07, 6.45) is 4.07. The van der Waals surface area contributed by atoms with Crippen LogP contribution in [0.15, 0.2) is 12.4 Å². The highest BCUT2D eigenvalue weighted by Gasteiger charge is 2.26. The van der Waals surface area contributed by atoms with Crippen molar-refractivity contribution in [1.82, 2.24) is 9.97 Å². The van der Waals surface area contributed by atoms with E-state index in [4.69, 9.17) is 9.47 Å². The number of hydrogen-bond donors (Lipinski definition) is 1. The predicted molar refractivity (Wildman–Crippen MR) is 65.2 cm³/mol. The van der Waals surface area contributed by atoms with Gasteiger partial charge >= 0.3 is 0 Å². The van der Waals surface area contributed by atoms with Crippen molar-refractivity contribution >= 4 is 5.82 Å². The molecule has 0 aromatic carbocycles.